The van der Waals surface area contributed by atoms with Gasteiger partial charge in [0.1, 0.15) is 10.8 Å². The largest absolute Gasteiger partial charge is 0.462 e. The average molecular weight is 618 g/mol. The maximum atomic E-state index is 12.9. The van der Waals surface area contributed by atoms with Crippen molar-refractivity contribution < 1.29 is 28.7 Å². The quantitative estimate of drug-likeness (QED) is 0.0841. The molecule has 9 nitrogen and oxygen atoms in total. The van der Waals surface area contributed by atoms with Gasteiger partial charge in [-0.2, -0.15) is 5.10 Å². The molecule has 220 valence electrons. The zero-order chi connectivity index (χ0) is 30.5. The molecule has 1 unspecified atom stereocenters. The van der Waals surface area contributed by atoms with Crippen LogP contribution in [-0.4, -0.2) is 36.6 Å². The number of amides is 2. The van der Waals surface area contributed by atoms with Crippen LogP contribution in [0.1, 0.15) is 57.0 Å². The number of benzene rings is 3. The van der Waals surface area contributed by atoms with Crippen LogP contribution in [0.4, 0.5) is 5.00 Å². The minimum absolute atomic E-state index is 0.184. The summed E-state index contributed by atoms with van der Waals surface area (Å²) in [6, 6.07) is 17.3. The van der Waals surface area contributed by atoms with Crippen LogP contribution in [0.5, 0.6) is 5.75 Å². The zero-order valence-electron chi connectivity index (χ0n) is 23.4. The highest BCUT2D eigenvalue weighted by molar-refractivity contribution is 7.17. The number of carbonyl (C=O) groups is 4. The lowest BCUT2D eigenvalue weighted by atomic mass is 9.88. The molecule has 0 aliphatic heterocycles. The minimum atomic E-state index is -1.04. The van der Waals surface area contributed by atoms with E-state index in [1.807, 2.05) is 24.3 Å². The third-order valence-electron chi connectivity index (χ3n) is 7.01. The van der Waals surface area contributed by atoms with Crippen LogP contribution >= 0.6 is 22.9 Å². The topological polar surface area (TPSA) is 123 Å². The van der Waals surface area contributed by atoms with Gasteiger partial charge in [-0.05, 0) is 66.6 Å². The SMILES string of the molecule is CCOC(=O)c1c(NC(=O)C(=O)NN=Cc2c(OC(=O)c3ccccc3Cl)ccc3ccccc23)sc2c1CCC(C)C2. The molecule has 3 aromatic carbocycles. The summed E-state index contributed by atoms with van der Waals surface area (Å²) < 4.78 is 10.9. The number of fused-ring (bicyclic) bond motifs is 2. The molecule has 43 heavy (non-hydrogen) atoms. The molecule has 0 saturated heterocycles. The van der Waals surface area contributed by atoms with Crippen molar-refractivity contribution in [2.75, 3.05) is 11.9 Å². The summed E-state index contributed by atoms with van der Waals surface area (Å²) in [6.45, 7) is 4.03. The molecular weight excluding hydrogens is 590 g/mol. The van der Waals surface area contributed by atoms with Crippen LogP contribution in [-0.2, 0) is 27.2 Å². The number of rotatable bonds is 7. The van der Waals surface area contributed by atoms with Gasteiger partial charge in [0.05, 0.1) is 29.0 Å². The van der Waals surface area contributed by atoms with Gasteiger partial charge in [-0.15, -0.1) is 11.3 Å². The van der Waals surface area contributed by atoms with Crippen molar-refractivity contribution in [3.63, 3.8) is 0 Å². The van der Waals surface area contributed by atoms with Crippen molar-refractivity contribution in [2.24, 2.45) is 11.0 Å². The number of carbonyl (C=O) groups excluding carboxylic acids is 4. The number of esters is 2. The van der Waals surface area contributed by atoms with E-state index in [2.05, 4.69) is 22.8 Å². The third kappa shape index (κ3) is 6.60. The Bertz CT molecular complexity index is 1770. The minimum Gasteiger partial charge on any atom is -0.462 e. The van der Waals surface area contributed by atoms with Crippen LogP contribution in [0.25, 0.3) is 10.8 Å². The van der Waals surface area contributed by atoms with Gasteiger partial charge in [0.2, 0.25) is 0 Å². The first-order valence-corrected chi connectivity index (χ1v) is 14.9. The molecule has 0 saturated carbocycles. The Morgan fingerprint density at radius 2 is 1.79 bits per heavy atom. The van der Waals surface area contributed by atoms with E-state index in [0.717, 1.165) is 28.7 Å². The van der Waals surface area contributed by atoms with Gasteiger partial charge in [0, 0.05) is 10.4 Å². The lowest BCUT2D eigenvalue weighted by Gasteiger charge is -2.18. The first-order chi connectivity index (χ1) is 20.8. The van der Waals surface area contributed by atoms with Crippen LogP contribution in [0.3, 0.4) is 0 Å². The Morgan fingerprint density at radius 1 is 1.02 bits per heavy atom. The fourth-order valence-electron chi connectivity index (χ4n) is 4.90. The molecule has 0 spiro atoms. The maximum Gasteiger partial charge on any atom is 0.345 e. The number of ether oxygens (including phenoxy) is 2. The normalized spacial score (nSPS) is 14.3. The van der Waals surface area contributed by atoms with E-state index in [9.17, 15) is 19.2 Å². The van der Waals surface area contributed by atoms with E-state index in [1.54, 1.807) is 43.3 Å². The lowest BCUT2D eigenvalue weighted by Crippen LogP contribution is -2.32. The smallest absolute Gasteiger partial charge is 0.345 e. The second kappa shape index (κ2) is 13.2. The van der Waals surface area contributed by atoms with Crippen molar-refractivity contribution in [3.05, 3.63) is 92.8 Å². The van der Waals surface area contributed by atoms with E-state index < -0.39 is 23.8 Å². The average Bonchev–Trinajstić information content (AvgIpc) is 3.34. The molecule has 0 fully saturated rings. The summed E-state index contributed by atoms with van der Waals surface area (Å²) in [4.78, 5) is 52.2. The van der Waals surface area contributed by atoms with Crippen molar-refractivity contribution in [2.45, 2.75) is 33.1 Å². The number of hydrogen-bond acceptors (Lipinski definition) is 8. The van der Waals surface area contributed by atoms with Crippen molar-refractivity contribution in [3.8, 4) is 5.75 Å². The molecule has 0 radical (unpaired) electrons. The van der Waals surface area contributed by atoms with Crippen molar-refractivity contribution in [1.82, 2.24) is 5.43 Å². The summed E-state index contributed by atoms with van der Waals surface area (Å²) in [5, 5.41) is 8.62. The molecule has 1 atom stereocenters. The first-order valence-electron chi connectivity index (χ1n) is 13.7. The van der Waals surface area contributed by atoms with Crippen LogP contribution in [0.2, 0.25) is 5.02 Å². The number of thiophene rings is 1. The number of nitrogens with zero attached hydrogens (tertiary/aromatic N) is 1. The molecule has 2 amide bonds. The number of nitrogens with one attached hydrogen (secondary N) is 2. The van der Waals surface area contributed by atoms with Crippen LogP contribution in [0.15, 0.2) is 65.8 Å². The van der Waals surface area contributed by atoms with Crippen LogP contribution < -0.4 is 15.5 Å². The Kier molecular flexibility index (Phi) is 9.18. The Labute approximate surface area is 256 Å². The lowest BCUT2D eigenvalue weighted by molar-refractivity contribution is -0.136. The molecule has 1 aromatic heterocycles. The fraction of sp³-hybridized carbons (Fsp3) is 0.219. The van der Waals surface area contributed by atoms with Gasteiger partial charge < -0.3 is 14.8 Å². The molecule has 0 bridgehead atoms. The molecule has 1 heterocycles. The maximum absolute atomic E-state index is 12.9. The monoisotopic (exact) mass is 617 g/mol. The number of hydrazone groups is 1. The van der Waals surface area contributed by atoms with Gasteiger partial charge in [0.15, 0.2) is 0 Å². The van der Waals surface area contributed by atoms with Gasteiger partial charge in [-0.1, -0.05) is 61.0 Å². The molecular formula is C32H28ClN3O6S. The highest BCUT2D eigenvalue weighted by Crippen LogP contribution is 2.40. The van der Waals surface area contributed by atoms with E-state index in [0.29, 0.717) is 28.9 Å². The molecule has 2 N–H and O–H groups in total. The predicted octanol–water partition coefficient (Wildman–Crippen LogP) is 6.16. The van der Waals surface area contributed by atoms with Gasteiger partial charge in [-0.3, -0.25) is 9.59 Å². The number of anilines is 1. The summed E-state index contributed by atoms with van der Waals surface area (Å²) in [7, 11) is 0. The second-order valence-electron chi connectivity index (χ2n) is 10.00. The van der Waals surface area contributed by atoms with E-state index in [1.165, 1.54) is 17.6 Å². The number of hydrogen-bond donors (Lipinski definition) is 2. The first kappa shape index (κ1) is 29.9. The van der Waals surface area contributed by atoms with Crippen LogP contribution in [0, 0.1) is 5.92 Å². The molecule has 1 aliphatic carbocycles. The second-order valence-corrected chi connectivity index (χ2v) is 11.5. The fourth-order valence-corrected chi connectivity index (χ4v) is 6.51. The summed E-state index contributed by atoms with van der Waals surface area (Å²) >= 11 is 7.45. The zero-order valence-corrected chi connectivity index (χ0v) is 25.0. The Balaban J connectivity index is 1.35. The highest BCUT2D eigenvalue weighted by atomic mass is 35.5. The summed E-state index contributed by atoms with van der Waals surface area (Å²) in [5.41, 5.74) is 3.99. The summed E-state index contributed by atoms with van der Waals surface area (Å²) in [6.07, 6.45) is 3.70. The molecule has 1 aliphatic rings. The molecule has 4 aromatic rings. The number of halogens is 1. The van der Waals surface area contributed by atoms with Gasteiger partial charge in [-0.25, -0.2) is 15.0 Å². The highest BCUT2D eigenvalue weighted by Gasteiger charge is 2.30. The standard InChI is InChI=1S/C32H28ClN3O6S/c1-3-41-32(40)27-22-14-12-18(2)16-26(22)43-30(27)35-28(37)29(38)36-34-17-23-20-9-5-4-8-19(20)13-15-25(23)42-31(39)21-10-6-7-11-24(21)33/h4-11,13,15,17-18H,3,12,14,16H2,1-2H3,(H,35,37)(H,36,38). The Hall–Kier alpha value is -4.54. The predicted molar refractivity (Wildman–Crippen MR) is 166 cm³/mol. The Morgan fingerprint density at radius 3 is 2.58 bits per heavy atom. The van der Waals surface area contributed by atoms with Gasteiger partial charge >= 0.3 is 23.8 Å². The van der Waals surface area contributed by atoms with E-state index >= 15 is 0 Å². The van der Waals surface area contributed by atoms with Crippen molar-refractivity contribution in [1.29, 1.82) is 0 Å². The molecule has 11 heteroatoms. The van der Waals surface area contributed by atoms with E-state index in [-0.39, 0.29) is 27.9 Å². The third-order valence-corrected chi connectivity index (χ3v) is 8.51. The van der Waals surface area contributed by atoms with E-state index in [4.69, 9.17) is 21.1 Å². The summed E-state index contributed by atoms with van der Waals surface area (Å²) in [5.74, 6) is -2.59. The van der Waals surface area contributed by atoms with Crippen molar-refractivity contribution >= 4 is 68.7 Å². The van der Waals surface area contributed by atoms with Gasteiger partial charge in [0.25, 0.3) is 0 Å². The molecule has 5 rings (SSSR count).